The molecule has 3 aromatic rings. The topological polar surface area (TPSA) is 186 Å². The summed E-state index contributed by atoms with van der Waals surface area (Å²) < 4.78 is 31.9. The van der Waals surface area contributed by atoms with Crippen LogP contribution in [0.1, 0.15) is 18.2 Å². The number of aromatic nitrogens is 4. The molecule has 0 bridgehead atoms. The summed E-state index contributed by atoms with van der Waals surface area (Å²) in [6.07, 6.45) is 2.73. The van der Waals surface area contributed by atoms with Crippen molar-refractivity contribution in [3.8, 4) is 5.88 Å². The van der Waals surface area contributed by atoms with E-state index >= 15 is 0 Å². The normalized spacial score (nSPS) is 21.0. The van der Waals surface area contributed by atoms with Crippen LogP contribution in [0.5, 0.6) is 5.88 Å². The van der Waals surface area contributed by atoms with Crippen LogP contribution in [-0.2, 0) is 13.8 Å². The van der Waals surface area contributed by atoms with E-state index in [1.54, 1.807) is 37.3 Å². The van der Waals surface area contributed by atoms with E-state index in [1.807, 2.05) is 0 Å². The van der Waals surface area contributed by atoms with Crippen LogP contribution in [0.15, 0.2) is 69.7 Å². The van der Waals surface area contributed by atoms with Crippen molar-refractivity contribution in [1.29, 1.82) is 0 Å². The number of anilines is 1. The number of ether oxygens (including phenoxy) is 1. The number of rotatable bonds is 9. The minimum atomic E-state index is -4.08. The molecule has 1 fully saturated rings. The Balaban J connectivity index is 1.55. The third-order valence-corrected chi connectivity index (χ3v) is 6.46. The van der Waals surface area contributed by atoms with Crippen molar-refractivity contribution in [2.75, 3.05) is 11.7 Å². The summed E-state index contributed by atoms with van der Waals surface area (Å²) in [6.45, 7) is 1.23. The van der Waals surface area contributed by atoms with Crippen LogP contribution in [0.3, 0.4) is 0 Å². The summed E-state index contributed by atoms with van der Waals surface area (Å²) in [5.41, 5.74) is 8.11. The zero-order valence-corrected chi connectivity index (χ0v) is 19.3. The lowest BCUT2D eigenvalue weighted by atomic mass is 10.1. The van der Waals surface area contributed by atoms with E-state index in [9.17, 15) is 14.2 Å². The van der Waals surface area contributed by atoms with Crippen LogP contribution >= 0.6 is 7.75 Å². The average Bonchev–Trinajstić information content (AvgIpc) is 3.24. The summed E-state index contributed by atoms with van der Waals surface area (Å²) in [7, 11) is -4.08. The van der Waals surface area contributed by atoms with Crippen molar-refractivity contribution in [2.24, 2.45) is 5.11 Å². The summed E-state index contributed by atoms with van der Waals surface area (Å²) in [5, 5.41) is 6.38. The summed E-state index contributed by atoms with van der Waals surface area (Å²) in [5.74, 6) is 0.283. The number of nitrogens with zero attached hydrogens (tertiary/aromatic N) is 6. The lowest BCUT2D eigenvalue weighted by Gasteiger charge is -2.22. The number of azide groups is 1. The van der Waals surface area contributed by atoms with Gasteiger partial charge >= 0.3 is 13.4 Å². The smallest absolute Gasteiger partial charge is 0.391 e. The number of aryl methyl sites for hydroxylation is 1. The monoisotopic (exact) mass is 500 g/mol. The standard InChI is InChI=1S/C20H21N8O6P/c1-13-11-28(20(30)24-19(13)29)18-10-14(25-27-21)15(33-18)12-32-35(31,26-16-6-2-4-8-22-16)34-17-7-3-5-9-23-17/h2-9,11,14-15,18H,10,12H2,1H3,(H,22,26,31)(H,24,29,30)/t14-,15+,18+,35?/m0/s1. The molecule has 0 spiro atoms. The number of aromatic amines is 1. The van der Waals surface area contributed by atoms with Gasteiger partial charge in [0.2, 0.25) is 5.88 Å². The van der Waals surface area contributed by atoms with Gasteiger partial charge in [0.05, 0.1) is 18.8 Å². The summed E-state index contributed by atoms with van der Waals surface area (Å²) in [4.78, 5) is 37.1. The highest BCUT2D eigenvalue weighted by atomic mass is 31.2. The second-order valence-electron chi connectivity index (χ2n) is 7.50. The molecule has 1 aliphatic rings. The largest absolute Gasteiger partial charge is 0.488 e. The fraction of sp³-hybridized carbons (Fsp3) is 0.300. The first kappa shape index (κ1) is 24.2. The highest BCUT2D eigenvalue weighted by Gasteiger charge is 2.39. The van der Waals surface area contributed by atoms with Crippen molar-refractivity contribution in [2.45, 2.75) is 31.7 Å². The molecule has 14 nitrogen and oxygen atoms in total. The van der Waals surface area contributed by atoms with Crippen LogP contribution < -0.4 is 20.9 Å². The predicted octanol–water partition coefficient (Wildman–Crippen LogP) is 2.92. The number of H-pyrrole nitrogens is 1. The quantitative estimate of drug-likeness (QED) is 0.193. The maximum Gasteiger partial charge on any atom is 0.488 e. The van der Waals surface area contributed by atoms with E-state index < -0.39 is 37.4 Å². The summed E-state index contributed by atoms with van der Waals surface area (Å²) in [6, 6.07) is 9.03. The van der Waals surface area contributed by atoms with Gasteiger partial charge in [0.25, 0.3) is 5.56 Å². The Labute approximate surface area is 198 Å². The molecule has 35 heavy (non-hydrogen) atoms. The van der Waals surface area contributed by atoms with Crippen molar-refractivity contribution < 1.29 is 18.3 Å². The molecule has 3 aromatic heterocycles. The minimum Gasteiger partial charge on any atom is -0.391 e. The van der Waals surface area contributed by atoms with Gasteiger partial charge in [0.15, 0.2) is 0 Å². The number of hydrogen-bond donors (Lipinski definition) is 2. The van der Waals surface area contributed by atoms with Crippen molar-refractivity contribution in [3.63, 3.8) is 0 Å². The fourth-order valence-electron chi connectivity index (χ4n) is 3.37. The number of hydrogen-bond acceptors (Lipinski definition) is 9. The van der Waals surface area contributed by atoms with E-state index in [0.717, 1.165) is 0 Å². The summed E-state index contributed by atoms with van der Waals surface area (Å²) >= 11 is 0. The molecule has 4 heterocycles. The predicted molar refractivity (Wildman–Crippen MR) is 124 cm³/mol. The molecule has 1 saturated heterocycles. The lowest BCUT2D eigenvalue weighted by molar-refractivity contribution is -0.0235. The molecule has 1 unspecified atom stereocenters. The Kier molecular flexibility index (Phi) is 7.28. The first-order chi connectivity index (χ1) is 16.9. The molecule has 0 saturated carbocycles. The SMILES string of the molecule is Cc1cn([C@H]2C[C@H](N=[N+]=[N-])[C@@H](COP(=O)(Nc3ccccn3)Oc3ccccn3)O2)c(=O)[nH]c1=O. The average molecular weight is 500 g/mol. The van der Waals surface area contributed by atoms with Gasteiger partial charge in [0, 0.05) is 41.6 Å². The van der Waals surface area contributed by atoms with Crippen LogP contribution in [-0.4, -0.2) is 38.3 Å². The van der Waals surface area contributed by atoms with E-state index in [-0.39, 0.29) is 24.7 Å². The minimum absolute atomic E-state index is 0.0475. The van der Waals surface area contributed by atoms with Gasteiger partial charge in [-0.25, -0.2) is 19.3 Å². The molecule has 182 valence electrons. The van der Waals surface area contributed by atoms with Crippen molar-refractivity contribution in [3.05, 3.63) is 91.8 Å². The van der Waals surface area contributed by atoms with Gasteiger partial charge in [-0.2, -0.15) is 0 Å². The van der Waals surface area contributed by atoms with Gasteiger partial charge in [-0.15, -0.1) is 0 Å². The van der Waals surface area contributed by atoms with E-state index in [4.69, 9.17) is 19.3 Å². The van der Waals surface area contributed by atoms with Crippen LogP contribution in [0.4, 0.5) is 5.82 Å². The zero-order valence-electron chi connectivity index (χ0n) is 18.4. The molecule has 0 aromatic carbocycles. The van der Waals surface area contributed by atoms with Crippen LogP contribution in [0.2, 0.25) is 0 Å². The molecule has 2 N–H and O–H groups in total. The molecule has 4 rings (SSSR count). The van der Waals surface area contributed by atoms with E-state index in [1.165, 1.54) is 29.2 Å². The second kappa shape index (κ2) is 10.5. The van der Waals surface area contributed by atoms with Crippen LogP contribution in [0, 0.1) is 6.92 Å². The van der Waals surface area contributed by atoms with Crippen LogP contribution in [0.25, 0.3) is 10.4 Å². The van der Waals surface area contributed by atoms with Crippen molar-refractivity contribution in [1.82, 2.24) is 19.5 Å². The zero-order chi connectivity index (χ0) is 24.8. The second-order valence-corrected chi connectivity index (χ2v) is 9.15. The van der Waals surface area contributed by atoms with Gasteiger partial charge in [-0.3, -0.25) is 24.0 Å². The van der Waals surface area contributed by atoms with Gasteiger partial charge in [-0.05, 0) is 30.7 Å². The Morgan fingerprint density at radius 3 is 2.74 bits per heavy atom. The van der Waals surface area contributed by atoms with Gasteiger partial charge in [0.1, 0.15) is 12.0 Å². The highest BCUT2D eigenvalue weighted by Crippen LogP contribution is 2.48. The Morgan fingerprint density at radius 2 is 2.06 bits per heavy atom. The Bertz CT molecular complexity index is 1330. The Hall–Kier alpha value is -3.96. The molecule has 0 amide bonds. The highest BCUT2D eigenvalue weighted by molar-refractivity contribution is 7.55. The third-order valence-electron chi connectivity index (χ3n) is 5.04. The fourth-order valence-corrected chi connectivity index (χ4v) is 4.64. The third kappa shape index (κ3) is 5.94. The molecule has 4 atom stereocenters. The molecular weight excluding hydrogens is 479 g/mol. The lowest BCUT2D eigenvalue weighted by Crippen LogP contribution is -2.33. The number of pyridine rings is 2. The molecule has 0 aliphatic carbocycles. The molecule has 1 aliphatic heterocycles. The Morgan fingerprint density at radius 1 is 1.29 bits per heavy atom. The molecule has 15 heteroatoms. The van der Waals surface area contributed by atoms with Crippen molar-refractivity contribution >= 4 is 13.6 Å². The van der Waals surface area contributed by atoms with E-state index in [2.05, 4.69) is 30.1 Å². The molecule has 0 radical (unpaired) electrons. The maximum atomic E-state index is 13.6. The van der Waals surface area contributed by atoms with Gasteiger partial charge < -0.3 is 9.26 Å². The van der Waals surface area contributed by atoms with Gasteiger partial charge in [-0.1, -0.05) is 17.2 Å². The number of nitrogens with one attached hydrogen (secondary N) is 2. The first-order valence-electron chi connectivity index (χ1n) is 10.4. The maximum absolute atomic E-state index is 13.6. The molecular formula is C20H21N8O6P. The first-order valence-corrected chi connectivity index (χ1v) is 12.0. The van der Waals surface area contributed by atoms with E-state index in [0.29, 0.717) is 5.56 Å².